The molecular formula is C33H37N7O3. The maximum Gasteiger partial charge on any atom is 0.315 e. The highest BCUT2D eigenvalue weighted by Crippen LogP contribution is 2.34. The lowest BCUT2D eigenvalue weighted by Gasteiger charge is -2.33. The largest absolute Gasteiger partial charge is 0.385 e. The van der Waals surface area contributed by atoms with Crippen LogP contribution in [-0.4, -0.2) is 49.4 Å². The van der Waals surface area contributed by atoms with Gasteiger partial charge in [-0.2, -0.15) is 10.1 Å². The Bertz CT molecular complexity index is 1780. The number of H-pyrrole nitrogens is 1. The number of fused-ring (bicyclic) bond motifs is 1. The van der Waals surface area contributed by atoms with Crippen molar-refractivity contribution in [3.8, 4) is 22.4 Å². The summed E-state index contributed by atoms with van der Waals surface area (Å²) in [5.41, 5.74) is 6.32. The molecule has 5 aromatic rings. The SMILES string of the molecule is Cc1cc(-c2[nH]nc3ncc(-c4ccc(C5(O)CCNCC5)cc4)cc23)ccc1[C@@H](C)NC(=O)c1nc(C(C)(C)C)no1. The van der Waals surface area contributed by atoms with Gasteiger partial charge in [-0.05, 0) is 74.2 Å². The van der Waals surface area contributed by atoms with Crippen molar-refractivity contribution in [2.75, 3.05) is 13.1 Å². The Morgan fingerprint density at radius 2 is 1.77 bits per heavy atom. The van der Waals surface area contributed by atoms with Crippen molar-refractivity contribution in [1.29, 1.82) is 0 Å². The van der Waals surface area contributed by atoms with E-state index >= 15 is 0 Å². The number of amides is 1. The number of benzene rings is 2. The number of carbonyl (C=O) groups is 1. The van der Waals surface area contributed by atoms with E-state index in [0.29, 0.717) is 24.3 Å². The van der Waals surface area contributed by atoms with Gasteiger partial charge in [-0.15, -0.1) is 0 Å². The number of rotatable bonds is 6. The van der Waals surface area contributed by atoms with Crippen LogP contribution >= 0.6 is 0 Å². The van der Waals surface area contributed by atoms with Crippen LogP contribution in [0.5, 0.6) is 0 Å². The number of hydrogen-bond donors (Lipinski definition) is 4. The van der Waals surface area contributed by atoms with Gasteiger partial charge in [-0.1, -0.05) is 62.3 Å². The van der Waals surface area contributed by atoms with E-state index in [1.807, 2.05) is 77.2 Å². The van der Waals surface area contributed by atoms with Gasteiger partial charge in [0.2, 0.25) is 0 Å². The lowest BCUT2D eigenvalue weighted by atomic mass is 9.84. The third kappa shape index (κ3) is 5.68. The lowest BCUT2D eigenvalue weighted by Crippen LogP contribution is -2.39. The molecule has 43 heavy (non-hydrogen) atoms. The van der Waals surface area contributed by atoms with E-state index in [1.165, 1.54) is 0 Å². The van der Waals surface area contributed by atoms with E-state index in [0.717, 1.165) is 57.6 Å². The zero-order chi connectivity index (χ0) is 30.4. The van der Waals surface area contributed by atoms with Crippen molar-refractivity contribution in [2.24, 2.45) is 0 Å². The Hall–Kier alpha value is -4.41. The number of aliphatic hydroxyl groups is 1. The highest BCUT2D eigenvalue weighted by atomic mass is 16.5. The molecule has 1 amide bonds. The summed E-state index contributed by atoms with van der Waals surface area (Å²) in [4.78, 5) is 21.7. The first-order valence-corrected chi connectivity index (χ1v) is 14.7. The number of nitrogens with zero attached hydrogens (tertiary/aromatic N) is 4. The van der Waals surface area contributed by atoms with Crippen LogP contribution in [0.25, 0.3) is 33.4 Å². The number of aromatic amines is 1. The Labute approximate surface area is 250 Å². The van der Waals surface area contributed by atoms with Gasteiger partial charge < -0.3 is 20.3 Å². The number of aryl methyl sites for hydroxylation is 1. The Kier molecular flexibility index (Phi) is 7.35. The van der Waals surface area contributed by atoms with Gasteiger partial charge in [0.15, 0.2) is 11.5 Å². The first-order valence-electron chi connectivity index (χ1n) is 14.7. The maximum atomic E-state index is 12.8. The van der Waals surface area contributed by atoms with Crippen molar-refractivity contribution in [3.05, 3.63) is 83.1 Å². The van der Waals surface area contributed by atoms with Gasteiger partial charge in [-0.25, -0.2) is 4.98 Å². The van der Waals surface area contributed by atoms with Crippen molar-refractivity contribution in [3.63, 3.8) is 0 Å². The molecule has 1 saturated heterocycles. The third-order valence-electron chi connectivity index (χ3n) is 8.26. The van der Waals surface area contributed by atoms with E-state index in [4.69, 9.17) is 4.52 Å². The summed E-state index contributed by atoms with van der Waals surface area (Å²) < 4.78 is 5.20. The molecule has 0 bridgehead atoms. The highest BCUT2D eigenvalue weighted by Gasteiger charge is 2.31. The van der Waals surface area contributed by atoms with E-state index in [1.54, 1.807) is 0 Å². The predicted octanol–water partition coefficient (Wildman–Crippen LogP) is 5.34. The fraction of sp³-hybridized carbons (Fsp3) is 0.364. The van der Waals surface area contributed by atoms with Crippen molar-refractivity contribution < 1.29 is 14.4 Å². The van der Waals surface area contributed by atoms with Crippen LogP contribution in [0.3, 0.4) is 0 Å². The highest BCUT2D eigenvalue weighted by molar-refractivity contribution is 5.93. The molecule has 0 aliphatic carbocycles. The second kappa shape index (κ2) is 11.0. The molecule has 6 rings (SSSR count). The molecule has 3 aromatic heterocycles. The van der Waals surface area contributed by atoms with Crippen LogP contribution in [0.1, 0.15) is 79.8 Å². The maximum absolute atomic E-state index is 12.8. The minimum Gasteiger partial charge on any atom is -0.385 e. The summed E-state index contributed by atoms with van der Waals surface area (Å²) in [5.74, 6) is 0.0354. The molecule has 10 heteroatoms. The fourth-order valence-corrected chi connectivity index (χ4v) is 5.65. The Balaban J connectivity index is 1.22. The predicted molar refractivity (Wildman–Crippen MR) is 164 cm³/mol. The standard InChI is InChI=1S/C33H37N7O3/c1-19-16-22(8-11-25(19)20(2)36-29(41)30-37-31(40-43-30)32(3,4)5)27-26-17-23(18-35-28(26)39-38-27)21-6-9-24(10-7-21)33(42)12-14-34-15-13-33/h6-11,16-18,20,34,42H,12-15H2,1-5H3,(H,36,41)(H,35,38,39)/t20-/m1/s1. The zero-order valence-electron chi connectivity index (χ0n) is 25.2. The monoisotopic (exact) mass is 579 g/mol. The molecule has 1 aliphatic rings. The normalized spacial score (nSPS) is 15.9. The summed E-state index contributed by atoms with van der Waals surface area (Å²) in [6.07, 6.45) is 3.24. The van der Waals surface area contributed by atoms with Crippen LogP contribution < -0.4 is 10.6 Å². The average molecular weight is 580 g/mol. The first-order chi connectivity index (χ1) is 20.5. The summed E-state index contributed by atoms with van der Waals surface area (Å²) in [6, 6.07) is 16.1. The smallest absolute Gasteiger partial charge is 0.315 e. The van der Waals surface area contributed by atoms with E-state index < -0.39 is 11.5 Å². The van der Waals surface area contributed by atoms with Crippen molar-refractivity contribution in [1.82, 2.24) is 36.0 Å². The lowest BCUT2D eigenvalue weighted by molar-refractivity contribution is 0.00595. The first kappa shape index (κ1) is 28.7. The molecule has 2 aromatic carbocycles. The van der Waals surface area contributed by atoms with Gasteiger partial charge >= 0.3 is 11.8 Å². The fourth-order valence-electron chi connectivity index (χ4n) is 5.65. The minimum absolute atomic E-state index is 0.0462. The average Bonchev–Trinajstić information content (AvgIpc) is 3.66. The third-order valence-corrected chi connectivity index (χ3v) is 8.26. The van der Waals surface area contributed by atoms with Gasteiger partial charge in [0.05, 0.1) is 17.3 Å². The van der Waals surface area contributed by atoms with E-state index in [-0.39, 0.29) is 17.3 Å². The number of aromatic nitrogens is 5. The number of hydrogen-bond acceptors (Lipinski definition) is 8. The zero-order valence-corrected chi connectivity index (χ0v) is 25.2. The van der Waals surface area contributed by atoms with Gasteiger partial charge in [0.1, 0.15) is 0 Å². The number of pyridine rings is 1. The molecule has 0 radical (unpaired) electrons. The molecule has 222 valence electrons. The summed E-state index contributed by atoms with van der Waals surface area (Å²) in [5, 5.41) is 29.8. The minimum atomic E-state index is -0.781. The second-order valence-corrected chi connectivity index (χ2v) is 12.5. The molecule has 0 unspecified atom stereocenters. The molecule has 0 spiro atoms. The number of nitrogens with one attached hydrogen (secondary N) is 3. The molecular weight excluding hydrogens is 542 g/mol. The van der Waals surface area contributed by atoms with Crippen LogP contribution in [-0.2, 0) is 11.0 Å². The quantitative estimate of drug-likeness (QED) is 0.211. The Morgan fingerprint density at radius 3 is 2.44 bits per heavy atom. The molecule has 0 saturated carbocycles. The van der Waals surface area contributed by atoms with Crippen LogP contribution in [0.2, 0.25) is 0 Å². The molecule has 10 nitrogen and oxygen atoms in total. The Morgan fingerprint density at radius 1 is 1.05 bits per heavy atom. The molecule has 1 fully saturated rings. The van der Waals surface area contributed by atoms with E-state index in [2.05, 4.69) is 48.1 Å². The van der Waals surface area contributed by atoms with Crippen molar-refractivity contribution in [2.45, 2.75) is 64.5 Å². The molecule has 1 aliphatic heterocycles. The summed E-state index contributed by atoms with van der Waals surface area (Å²) >= 11 is 0. The topological polar surface area (TPSA) is 142 Å². The van der Waals surface area contributed by atoms with Crippen LogP contribution in [0.4, 0.5) is 0 Å². The van der Waals surface area contributed by atoms with Crippen LogP contribution in [0, 0.1) is 6.92 Å². The van der Waals surface area contributed by atoms with Gasteiger partial charge in [0.25, 0.3) is 0 Å². The number of carbonyl (C=O) groups excluding carboxylic acids is 1. The summed E-state index contributed by atoms with van der Waals surface area (Å²) in [6.45, 7) is 11.5. The molecule has 1 atom stereocenters. The second-order valence-electron chi connectivity index (χ2n) is 12.5. The van der Waals surface area contributed by atoms with Gasteiger partial charge in [0, 0.05) is 28.1 Å². The van der Waals surface area contributed by atoms with E-state index in [9.17, 15) is 9.90 Å². The van der Waals surface area contributed by atoms with Crippen LogP contribution in [0.15, 0.2) is 59.3 Å². The number of piperidine rings is 1. The van der Waals surface area contributed by atoms with Gasteiger partial charge in [-0.3, -0.25) is 9.89 Å². The summed E-state index contributed by atoms with van der Waals surface area (Å²) in [7, 11) is 0. The van der Waals surface area contributed by atoms with Crippen molar-refractivity contribution >= 4 is 16.9 Å². The molecule has 4 N–H and O–H groups in total. The molecule has 4 heterocycles.